The van der Waals surface area contributed by atoms with Gasteiger partial charge in [0, 0.05) is 34.0 Å². The smallest absolute Gasteiger partial charge is 0.253 e. The quantitative estimate of drug-likeness (QED) is 0.798. The van der Waals surface area contributed by atoms with E-state index in [4.69, 9.17) is 18.0 Å². The summed E-state index contributed by atoms with van der Waals surface area (Å²) >= 11 is 11.6. The van der Waals surface area contributed by atoms with Gasteiger partial charge in [0.2, 0.25) is 0 Å². The van der Waals surface area contributed by atoms with Crippen LogP contribution in [-0.4, -0.2) is 28.9 Å². The summed E-state index contributed by atoms with van der Waals surface area (Å²) in [5.41, 5.74) is 6.12. The molecule has 1 amide bonds. The van der Waals surface area contributed by atoms with Crippen LogP contribution in [0.15, 0.2) is 27.1 Å². The lowest BCUT2D eigenvalue weighted by Crippen LogP contribution is -2.37. The molecule has 18 heavy (non-hydrogen) atoms. The highest BCUT2D eigenvalue weighted by Gasteiger charge is 2.18. The minimum atomic E-state index is -0.0549. The minimum Gasteiger partial charge on any atom is -0.393 e. The number of hydrogen-bond acceptors (Lipinski definition) is 2. The maximum Gasteiger partial charge on any atom is 0.253 e. The topological polar surface area (TPSA) is 46.3 Å². The standard InChI is InChI=1S/C12H14Br2N2OS/c1-7(3-11(15)18)16(2)12(17)8-4-9(13)6-10(14)5-8/h4-7H,3H2,1-2H3,(H2,15,18). The molecule has 0 aromatic heterocycles. The molecule has 0 heterocycles. The number of nitrogens with zero attached hydrogens (tertiary/aromatic N) is 1. The summed E-state index contributed by atoms with van der Waals surface area (Å²) in [6.45, 7) is 1.92. The molecule has 0 spiro atoms. The fourth-order valence-electron chi connectivity index (χ4n) is 1.51. The second-order valence-electron chi connectivity index (χ2n) is 4.09. The van der Waals surface area contributed by atoms with Crippen LogP contribution in [0.2, 0.25) is 0 Å². The SMILES string of the molecule is CC(CC(N)=S)N(C)C(=O)c1cc(Br)cc(Br)c1. The van der Waals surface area contributed by atoms with Gasteiger partial charge in [-0.3, -0.25) is 4.79 Å². The van der Waals surface area contributed by atoms with Crippen molar-refractivity contribution in [2.24, 2.45) is 5.73 Å². The highest BCUT2D eigenvalue weighted by molar-refractivity contribution is 9.11. The van der Waals surface area contributed by atoms with Gasteiger partial charge >= 0.3 is 0 Å². The molecule has 2 N–H and O–H groups in total. The minimum absolute atomic E-state index is 0.0206. The van der Waals surface area contributed by atoms with Gasteiger partial charge in [0.05, 0.1) is 4.99 Å². The molecule has 0 saturated carbocycles. The average Bonchev–Trinajstić information content (AvgIpc) is 2.24. The monoisotopic (exact) mass is 392 g/mol. The first-order valence-electron chi connectivity index (χ1n) is 5.33. The maximum absolute atomic E-state index is 12.3. The number of rotatable bonds is 4. The Morgan fingerprint density at radius 1 is 1.39 bits per heavy atom. The van der Waals surface area contributed by atoms with Crippen molar-refractivity contribution >= 4 is 55.0 Å². The Labute approximate surface area is 129 Å². The number of amides is 1. The van der Waals surface area contributed by atoms with E-state index in [-0.39, 0.29) is 11.9 Å². The van der Waals surface area contributed by atoms with Crippen LogP contribution < -0.4 is 5.73 Å². The summed E-state index contributed by atoms with van der Waals surface area (Å²) in [5.74, 6) is -0.0549. The number of thiocarbonyl (C=S) groups is 1. The van der Waals surface area contributed by atoms with Crippen molar-refractivity contribution in [3.63, 3.8) is 0 Å². The van der Waals surface area contributed by atoms with E-state index in [1.807, 2.05) is 13.0 Å². The fraction of sp³-hybridized carbons (Fsp3) is 0.333. The van der Waals surface area contributed by atoms with Gasteiger partial charge in [0.15, 0.2) is 0 Å². The van der Waals surface area contributed by atoms with E-state index in [1.54, 1.807) is 24.1 Å². The summed E-state index contributed by atoms with van der Waals surface area (Å²) in [4.78, 5) is 14.3. The summed E-state index contributed by atoms with van der Waals surface area (Å²) in [6, 6.07) is 5.44. The Bertz CT molecular complexity index is 459. The zero-order valence-electron chi connectivity index (χ0n) is 10.1. The third-order valence-electron chi connectivity index (χ3n) is 2.59. The van der Waals surface area contributed by atoms with Crippen molar-refractivity contribution in [1.82, 2.24) is 4.90 Å². The molecule has 98 valence electrons. The lowest BCUT2D eigenvalue weighted by Gasteiger charge is -2.24. The Morgan fingerprint density at radius 2 is 1.89 bits per heavy atom. The molecule has 0 aliphatic rings. The first-order chi connectivity index (χ1) is 8.31. The van der Waals surface area contributed by atoms with Crippen LogP contribution in [-0.2, 0) is 0 Å². The zero-order chi connectivity index (χ0) is 13.9. The van der Waals surface area contributed by atoms with Crippen LogP contribution in [0, 0.1) is 0 Å². The summed E-state index contributed by atoms with van der Waals surface area (Å²) in [6.07, 6.45) is 0.521. The van der Waals surface area contributed by atoms with Gasteiger partial charge in [0.25, 0.3) is 5.91 Å². The third kappa shape index (κ3) is 4.33. The third-order valence-corrected chi connectivity index (χ3v) is 3.67. The molecule has 0 fully saturated rings. The predicted octanol–water partition coefficient (Wildman–Crippen LogP) is 3.35. The van der Waals surface area contributed by atoms with Crippen LogP contribution in [0.25, 0.3) is 0 Å². The summed E-state index contributed by atoms with van der Waals surface area (Å²) in [7, 11) is 1.75. The Kier molecular flexibility index (Phi) is 5.75. The Balaban J connectivity index is 2.89. The zero-order valence-corrected chi connectivity index (χ0v) is 14.1. The number of nitrogens with two attached hydrogens (primary N) is 1. The number of carbonyl (C=O) groups is 1. The molecule has 0 aliphatic heterocycles. The Morgan fingerprint density at radius 3 is 2.33 bits per heavy atom. The molecule has 0 aliphatic carbocycles. The highest BCUT2D eigenvalue weighted by Crippen LogP contribution is 2.21. The van der Waals surface area contributed by atoms with Crippen molar-refractivity contribution in [3.05, 3.63) is 32.7 Å². The van der Waals surface area contributed by atoms with E-state index in [1.165, 1.54) is 0 Å². The van der Waals surface area contributed by atoms with Crippen LogP contribution in [0.1, 0.15) is 23.7 Å². The van der Waals surface area contributed by atoms with Gasteiger partial charge in [-0.15, -0.1) is 0 Å². The molecule has 3 nitrogen and oxygen atoms in total. The maximum atomic E-state index is 12.3. The lowest BCUT2D eigenvalue weighted by atomic mass is 10.1. The molecule has 0 bridgehead atoms. The molecule has 1 aromatic rings. The van der Waals surface area contributed by atoms with E-state index >= 15 is 0 Å². The van der Waals surface area contributed by atoms with Crippen LogP contribution in [0.4, 0.5) is 0 Å². The van der Waals surface area contributed by atoms with Gasteiger partial charge in [-0.25, -0.2) is 0 Å². The number of benzene rings is 1. The van der Waals surface area contributed by atoms with Crippen molar-refractivity contribution in [1.29, 1.82) is 0 Å². The van der Waals surface area contributed by atoms with Crippen LogP contribution in [0.5, 0.6) is 0 Å². The molecule has 0 radical (unpaired) electrons. The lowest BCUT2D eigenvalue weighted by molar-refractivity contribution is 0.0748. The molecular weight excluding hydrogens is 380 g/mol. The van der Waals surface area contributed by atoms with Gasteiger partial charge in [-0.1, -0.05) is 44.1 Å². The molecule has 0 saturated heterocycles. The van der Waals surface area contributed by atoms with E-state index in [2.05, 4.69) is 31.9 Å². The first-order valence-corrected chi connectivity index (χ1v) is 7.32. The predicted molar refractivity (Wildman–Crippen MR) is 84.8 cm³/mol. The Hall–Kier alpha value is -0.460. The first kappa shape index (κ1) is 15.6. The van der Waals surface area contributed by atoms with Gasteiger partial charge in [-0.2, -0.15) is 0 Å². The highest BCUT2D eigenvalue weighted by atomic mass is 79.9. The fourth-order valence-corrected chi connectivity index (χ4v) is 3.04. The van der Waals surface area contributed by atoms with Crippen LogP contribution >= 0.6 is 44.1 Å². The number of hydrogen-bond donors (Lipinski definition) is 1. The van der Waals surface area contributed by atoms with E-state index in [0.29, 0.717) is 17.0 Å². The largest absolute Gasteiger partial charge is 0.393 e. The average molecular weight is 394 g/mol. The van der Waals surface area contributed by atoms with Crippen molar-refractivity contribution in [2.75, 3.05) is 7.05 Å². The van der Waals surface area contributed by atoms with Gasteiger partial charge in [0.1, 0.15) is 0 Å². The molecule has 1 aromatic carbocycles. The molecular formula is C12H14Br2N2OS. The summed E-state index contributed by atoms with van der Waals surface area (Å²) in [5, 5.41) is 0. The van der Waals surface area contributed by atoms with Crippen LogP contribution in [0.3, 0.4) is 0 Å². The van der Waals surface area contributed by atoms with E-state index in [9.17, 15) is 4.79 Å². The molecule has 6 heteroatoms. The second kappa shape index (κ2) is 6.63. The summed E-state index contributed by atoms with van der Waals surface area (Å²) < 4.78 is 1.71. The molecule has 1 unspecified atom stereocenters. The van der Waals surface area contributed by atoms with Crippen molar-refractivity contribution < 1.29 is 4.79 Å². The second-order valence-corrected chi connectivity index (χ2v) is 6.45. The van der Waals surface area contributed by atoms with Crippen molar-refractivity contribution in [2.45, 2.75) is 19.4 Å². The van der Waals surface area contributed by atoms with Gasteiger partial charge in [-0.05, 0) is 25.1 Å². The molecule has 1 rings (SSSR count). The van der Waals surface area contributed by atoms with Gasteiger partial charge < -0.3 is 10.6 Å². The normalized spacial score (nSPS) is 12.0. The molecule has 1 atom stereocenters. The van der Waals surface area contributed by atoms with E-state index < -0.39 is 0 Å². The van der Waals surface area contributed by atoms with E-state index in [0.717, 1.165) is 8.95 Å². The van der Waals surface area contributed by atoms with Crippen molar-refractivity contribution in [3.8, 4) is 0 Å². The number of carbonyl (C=O) groups excluding carboxylic acids is 1. The number of halogens is 2.